The van der Waals surface area contributed by atoms with Crippen molar-refractivity contribution in [2.45, 2.75) is 25.8 Å². The first-order valence-electron chi connectivity index (χ1n) is 5.40. The summed E-state index contributed by atoms with van der Waals surface area (Å²) < 4.78 is 25.6. The predicted octanol–water partition coefficient (Wildman–Crippen LogP) is 1.69. The van der Waals surface area contributed by atoms with Crippen LogP contribution in [0.4, 0.5) is 8.78 Å². The molecule has 3 N–H and O–H groups in total. The molecule has 0 heterocycles. The quantitative estimate of drug-likeness (QED) is 0.802. The lowest BCUT2D eigenvalue weighted by Gasteiger charge is -2.12. The minimum Gasteiger partial charge on any atom is -0.393 e. The Morgan fingerprint density at radius 1 is 1.44 bits per heavy atom. The van der Waals surface area contributed by atoms with Gasteiger partial charge >= 0.3 is 0 Å². The number of hydrogen-bond acceptors (Lipinski definition) is 2. The zero-order valence-electron chi connectivity index (χ0n) is 9.87. The summed E-state index contributed by atoms with van der Waals surface area (Å²) in [5.41, 5.74) is 5.76. The van der Waals surface area contributed by atoms with Crippen LogP contribution in [0.15, 0.2) is 18.2 Å². The van der Waals surface area contributed by atoms with Gasteiger partial charge in [0.05, 0.1) is 11.4 Å². The van der Waals surface area contributed by atoms with Crippen LogP contribution < -0.4 is 11.1 Å². The second-order valence-electron chi connectivity index (χ2n) is 4.06. The molecule has 0 fully saturated rings. The van der Waals surface area contributed by atoms with Gasteiger partial charge in [0.25, 0.3) is 0 Å². The smallest absolute Gasteiger partial charge is 0.224 e. The van der Waals surface area contributed by atoms with E-state index in [-0.39, 0.29) is 18.4 Å². The van der Waals surface area contributed by atoms with E-state index in [1.165, 1.54) is 6.07 Å². The van der Waals surface area contributed by atoms with Crippen LogP contribution in [0.3, 0.4) is 0 Å². The van der Waals surface area contributed by atoms with Crippen LogP contribution in [0, 0.1) is 11.6 Å². The first-order valence-corrected chi connectivity index (χ1v) is 5.81. The standard InChI is InChI=1S/C12H14F2N2OS/c1-7(4-11(15)18)16-12(17)6-8-2-3-9(13)10(14)5-8/h2-3,5,7H,4,6H2,1H3,(H2,15,18)(H,16,17). The van der Waals surface area contributed by atoms with Gasteiger partial charge in [-0.05, 0) is 24.6 Å². The lowest BCUT2D eigenvalue weighted by molar-refractivity contribution is -0.120. The van der Waals surface area contributed by atoms with Crippen molar-refractivity contribution in [1.29, 1.82) is 0 Å². The molecule has 0 saturated heterocycles. The van der Waals surface area contributed by atoms with Crippen molar-refractivity contribution in [3.05, 3.63) is 35.4 Å². The maximum atomic E-state index is 12.9. The Bertz CT molecular complexity index is 465. The molecule has 0 aliphatic carbocycles. The van der Waals surface area contributed by atoms with E-state index in [1.54, 1.807) is 6.92 Å². The highest BCUT2D eigenvalue weighted by atomic mass is 32.1. The van der Waals surface area contributed by atoms with Crippen LogP contribution in [0.5, 0.6) is 0 Å². The molecule has 0 aliphatic heterocycles. The lowest BCUT2D eigenvalue weighted by Crippen LogP contribution is -2.36. The molecule has 3 nitrogen and oxygen atoms in total. The van der Waals surface area contributed by atoms with Crippen molar-refractivity contribution in [2.24, 2.45) is 5.73 Å². The molecule has 0 spiro atoms. The summed E-state index contributed by atoms with van der Waals surface area (Å²) in [6.07, 6.45) is 0.387. The Morgan fingerprint density at radius 3 is 2.67 bits per heavy atom. The Kier molecular flexibility index (Phi) is 5.15. The number of carbonyl (C=O) groups excluding carboxylic acids is 1. The number of halogens is 2. The van der Waals surface area contributed by atoms with Crippen molar-refractivity contribution in [3.8, 4) is 0 Å². The molecule has 0 aliphatic rings. The highest BCUT2D eigenvalue weighted by Gasteiger charge is 2.10. The fourth-order valence-corrected chi connectivity index (χ4v) is 1.76. The normalized spacial score (nSPS) is 11.9. The molecule has 1 atom stereocenters. The minimum absolute atomic E-state index is 0.0150. The number of rotatable bonds is 5. The van der Waals surface area contributed by atoms with E-state index in [0.29, 0.717) is 17.0 Å². The number of benzene rings is 1. The molecular weight excluding hydrogens is 258 g/mol. The number of amides is 1. The van der Waals surface area contributed by atoms with Gasteiger partial charge in [-0.2, -0.15) is 0 Å². The number of carbonyl (C=O) groups is 1. The first-order chi connectivity index (χ1) is 8.38. The summed E-state index contributed by atoms with van der Waals surface area (Å²) in [5, 5.41) is 2.67. The zero-order chi connectivity index (χ0) is 13.7. The number of thiocarbonyl (C=S) groups is 1. The van der Waals surface area contributed by atoms with Gasteiger partial charge in [-0.1, -0.05) is 18.3 Å². The van der Waals surface area contributed by atoms with Gasteiger partial charge in [-0.25, -0.2) is 8.78 Å². The molecule has 98 valence electrons. The Labute approximate surface area is 109 Å². The van der Waals surface area contributed by atoms with Gasteiger partial charge in [-0.3, -0.25) is 4.79 Å². The van der Waals surface area contributed by atoms with Crippen LogP contribution in [0.1, 0.15) is 18.9 Å². The van der Waals surface area contributed by atoms with Crippen LogP contribution in [0.2, 0.25) is 0 Å². The van der Waals surface area contributed by atoms with Gasteiger partial charge in [0.2, 0.25) is 5.91 Å². The monoisotopic (exact) mass is 272 g/mol. The van der Waals surface area contributed by atoms with Crippen molar-refractivity contribution in [2.75, 3.05) is 0 Å². The van der Waals surface area contributed by atoms with Crippen molar-refractivity contribution >= 4 is 23.1 Å². The molecule has 0 saturated carbocycles. The van der Waals surface area contributed by atoms with E-state index in [0.717, 1.165) is 12.1 Å². The fraction of sp³-hybridized carbons (Fsp3) is 0.333. The molecule has 1 amide bonds. The molecular formula is C12H14F2N2OS. The summed E-state index contributed by atoms with van der Waals surface area (Å²) in [5.74, 6) is -2.18. The Morgan fingerprint density at radius 2 is 2.11 bits per heavy atom. The third-order valence-corrected chi connectivity index (χ3v) is 2.43. The number of nitrogens with one attached hydrogen (secondary N) is 1. The molecule has 18 heavy (non-hydrogen) atoms. The summed E-state index contributed by atoms with van der Waals surface area (Å²) in [6.45, 7) is 1.77. The average molecular weight is 272 g/mol. The van der Waals surface area contributed by atoms with Crippen molar-refractivity contribution in [1.82, 2.24) is 5.32 Å². The molecule has 1 aromatic rings. The summed E-state index contributed by atoms with van der Waals surface area (Å²) in [6, 6.07) is 3.19. The Balaban J connectivity index is 2.54. The Hall–Kier alpha value is -1.56. The van der Waals surface area contributed by atoms with E-state index >= 15 is 0 Å². The average Bonchev–Trinajstić information content (AvgIpc) is 2.21. The minimum atomic E-state index is -0.962. The van der Waals surface area contributed by atoms with E-state index in [4.69, 9.17) is 18.0 Å². The van der Waals surface area contributed by atoms with Crippen LogP contribution in [0.25, 0.3) is 0 Å². The summed E-state index contributed by atoms with van der Waals surface area (Å²) in [4.78, 5) is 11.9. The predicted molar refractivity (Wildman–Crippen MR) is 69.1 cm³/mol. The molecule has 1 rings (SSSR count). The van der Waals surface area contributed by atoms with E-state index in [1.807, 2.05) is 0 Å². The van der Waals surface area contributed by atoms with Gasteiger partial charge in [0.15, 0.2) is 11.6 Å². The van der Waals surface area contributed by atoms with Gasteiger partial charge in [0, 0.05) is 12.5 Å². The largest absolute Gasteiger partial charge is 0.393 e. The third-order valence-electron chi connectivity index (χ3n) is 2.26. The van der Waals surface area contributed by atoms with E-state index < -0.39 is 11.6 Å². The second-order valence-corrected chi connectivity index (χ2v) is 4.59. The van der Waals surface area contributed by atoms with Crippen LogP contribution >= 0.6 is 12.2 Å². The summed E-state index contributed by atoms with van der Waals surface area (Å²) >= 11 is 4.72. The van der Waals surface area contributed by atoms with Crippen molar-refractivity contribution in [3.63, 3.8) is 0 Å². The number of nitrogens with two attached hydrogens (primary N) is 1. The summed E-state index contributed by atoms with van der Waals surface area (Å²) in [7, 11) is 0. The zero-order valence-corrected chi connectivity index (χ0v) is 10.7. The molecule has 0 radical (unpaired) electrons. The molecule has 0 aromatic heterocycles. The lowest BCUT2D eigenvalue weighted by atomic mass is 10.1. The number of hydrogen-bond donors (Lipinski definition) is 2. The third kappa shape index (κ3) is 4.75. The van der Waals surface area contributed by atoms with Crippen LogP contribution in [-0.4, -0.2) is 16.9 Å². The van der Waals surface area contributed by atoms with Gasteiger partial charge < -0.3 is 11.1 Å². The topological polar surface area (TPSA) is 55.1 Å². The maximum Gasteiger partial charge on any atom is 0.224 e. The van der Waals surface area contributed by atoms with Crippen LogP contribution in [-0.2, 0) is 11.2 Å². The highest BCUT2D eigenvalue weighted by molar-refractivity contribution is 7.80. The molecule has 6 heteroatoms. The SMILES string of the molecule is CC(CC(N)=S)NC(=O)Cc1ccc(F)c(F)c1. The first kappa shape index (κ1) is 14.5. The fourth-order valence-electron chi connectivity index (χ4n) is 1.51. The van der Waals surface area contributed by atoms with Gasteiger partial charge in [0.1, 0.15) is 0 Å². The van der Waals surface area contributed by atoms with Gasteiger partial charge in [-0.15, -0.1) is 0 Å². The van der Waals surface area contributed by atoms with E-state index in [9.17, 15) is 13.6 Å². The molecule has 1 aromatic carbocycles. The highest BCUT2D eigenvalue weighted by Crippen LogP contribution is 2.09. The second kappa shape index (κ2) is 6.39. The van der Waals surface area contributed by atoms with E-state index in [2.05, 4.69) is 5.32 Å². The molecule has 0 bridgehead atoms. The molecule has 1 unspecified atom stereocenters. The van der Waals surface area contributed by atoms with Crippen molar-refractivity contribution < 1.29 is 13.6 Å². The maximum absolute atomic E-state index is 12.9.